The number of hydrogen-bond donors (Lipinski definition) is 1. The number of nitrogens with zero attached hydrogens (tertiary/aromatic N) is 1. The molecule has 0 aromatic heterocycles. The van der Waals surface area contributed by atoms with Crippen molar-refractivity contribution in [3.05, 3.63) is 65.0 Å². The summed E-state index contributed by atoms with van der Waals surface area (Å²) in [6.07, 6.45) is 2.75. The topological polar surface area (TPSA) is 75.7 Å². The van der Waals surface area contributed by atoms with E-state index >= 15 is 0 Å². The van der Waals surface area contributed by atoms with Crippen LogP contribution in [0.2, 0.25) is 0 Å². The first-order valence-electron chi connectivity index (χ1n) is 10.5. The van der Waals surface area contributed by atoms with E-state index < -0.39 is 21.7 Å². The number of carbonyl (C=O) groups excluding carboxylic acids is 1. The van der Waals surface area contributed by atoms with Crippen molar-refractivity contribution in [2.45, 2.75) is 31.7 Å². The highest BCUT2D eigenvalue weighted by atomic mass is 32.2. The molecule has 0 radical (unpaired) electrons. The third kappa shape index (κ3) is 5.25. The predicted molar refractivity (Wildman–Crippen MR) is 116 cm³/mol. The van der Waals surface area contributed by atoms with Crippen LogP contribution >= 0.6 is 0 Å². The average molecular weight is 447 g/mol. The number of ether oxygens (including phenoxy) is 1. The van der Waals surface area contributed by atoms with Crippen LogP contribution in [-0.4, -0.2) is 45.2 Å². The normalized spacial score (nSPS) is 18.3. The zero-order chi connectivity index (χ0) is 22.2. The molecule has 2 aliphatic rings. The van der Waals surface area contributed by atoms with Crippen molar-refractivity contribution < 1.29 is 22.3 Å². The van der Waals surface area contributed by atoms with Gasteiger partial charge < -0.3 is 4.74 Å². The number of nitrogens with one attached hydrogen (secondary N) is 1. The maximum atomic E-state index is 14.6. The van der Waals surface area contributed by atoms with E-state index in [1.54, 1.807) is 0 Å². The summed E-state index contributed by atoms with van der Waals surface area (Å²) in [5.41, 5.74) is 1.78. The van der Waals surface area contributed by atoms with Crippen molar-refractivity contribution in [3.8, 4) is 5.75 Å². The smallest absolute Gasteiger partial charge is 0.267 e. The first-order valence-corrected chi connectivity index (χ1v) is 12.4. The summed E-state index contributed by atoms with van der Waals surface area (Å²) >= 11 is 0. The highest BCUT2D eigenvalue weighted by Gasteiger charge is 2.33. The van der Waals surface area contributed by atoms with Crippen LogP contribution in [0.5, 0.6) is 5.75 Å². The summed E-state index contributed by atoms with van der Waals surface area (Å²) < 4.78 is 45.0. The fraction of sp³-hybridized carbons (Fsp3) is 0.435. The average Bonchev–Trinajstić information content (AvgIpc) is 3.51. The molecule has 166 valence electrons. The summed E-state index contributed by atoms with van der Waals surface area (Å²) in [6.45, 7) is 4.48. The Kier molecular flexibility index (Phi) is 6.03. The molecular weight excluding hydrogens is 419 g/mol. The van der Waals surface area contributed by atoms with Gasteiger partial charge >= 0.3 is 0 Å². The summed E-state index contributed by atoms with van der Waals surface area (Å²) in [5.74, 6) is -0.720. The van der Waals surface area contributed by atoms with E-state index in [1.807, 2.05) is 22.9 Å². The monoisotopic (exact) mass is 446 g/mol. The van der Waals surface area contributed by atoms with Gasteiger partial charge in [-0.1, -0.05) is 30.3 Å². The van der Waals surface area contributed by atoms with Crippen LogP contribution in [0.15, 0.2) is 42.5 Å². The van der Waals surface area contributed by atoms with Gasteiger partial charge in [0.1, 0.15) is 11.6 Å². The lowest BCUT2D eigenvalue weighted by Gasteiger charge is -2.43. The van der Waals surface area contributed by atoms with Gasteiger partial charge in [-0.3, -0.25) is 9.69 Å². The van der Waals surface area contributed by atoms with E-state index in [-0.39, 0.29) is 11.5 Å². The van der Waals surface area contributed by atoms with Gasteiger partial charge in [-0.15, -0.1) is 0 Å². The molecule has 6 nitrogen and oxygen atoms in total. The molecule has 8 heteroatoms. The number of halogens is 1. The summed E-state index contributed by atoms with van der Waals surface area (Å²) in [4.78, 5) is 14.5. The van der Waals surface area contributed by atoms with Gasteiger partial charge in [-0.05, 0) is 42.9 Å². The number of rotatable bonds is 8. The number of likely N-dealkylation sites (tertiary alicyclic amines) is 1. The number of sulfonamides is 1. The molecule has 1 saturated carbocycles. The van der Waals surface area contributed by atoms with Gasteiger partial charge in [0.2, 0.25) is 10.0 Å². The van der Waals surface area contributed by atoms with Crippen molar-refractivity contribution in [1.29, 1.82) is 0 Å². The Morgan fingerprint density at radius 3 is 2.52 bits per heavy atom. The van der Waals surface area contributed by atoms with Crippen LogP contribution < -0.4 is 9.46 Å². The largest absolute Gasteiger partial charge is 0.493 e. The Morgan fingerprint density at radius 2 is 1.90 bits per heavy atom. The van der Waals surface area contributed by atoms with Crippen molar-refractivity contribution >= 4 is 15.9 Å². The van der Waals surface area contributed by atoms with Gasteiger partial charge in [0, 0.05) is 31.1 Å². The first kappa shape index (κ1) is 21.8. The predicted octanol–water partition coefficient (Wildman–Crippen LogP) is 3.46. The molecular formula is C23H27FN2O4S. The maximum Gasteiger partial charge on any atom is 0.267 e. The Hall–Kier alpha value is -2.45. The molecule has 1 unspecified atom stereocenters. The number of amides is 1. The van der Waals surface area contributed by atoms with E-state index in [0.29, 0.717) is 24.3 Å². The molecule has 0 bridgehead atoms. The lowest BCUT2D eigenvalue weighted by Crippen LogP contribution is -2.50. The standard InChI is InChI=1S/C23H27FN2O4S/c1-15(17-6-4-3-5-7-17)26-12-16(13-26)14-30-22-11-21(24)20(10-19(22)18-8-9-18)23(27)25-31(2,28)29/h3-7,10-11,15-16,18H,8-9,12-14H2,1-2H3,(H,25,27). The zero-order valence-corrected chi connectivity index (χ0v) is 18.5. The highest BCUT2D eigenvalue weighted by Crippen LogP contribution is 2.45. The van der Waals surface area contributed by atoms with Gasteiger partial charge in [-0.2, -0.15) is 0 Å². The van der Waals surface area contributed by atoms with Crippen molar-refractivity contribution in [1.82, 2.24) is 9.62 Å². The van der Waals surface area contributed by atoms with Crippen molar-refractivity contribution in [2.24, 2.45) is 5.92 Å². The molecule has 1 heterocycles. The maximum absolute atomic E-state index is 14.6. The molecule has 2 fully saturated rings. The minimum Gasteiger partial charge on any atom is -0.493 e. The second-order valence-corrected chi connectivity index (χ2v) is 10.3. The van der Waals surface area contributed by atoms with Gasteiger partial charge in [-0.25, -0.2) is 17.5 Å². The van der Waals surface area contributed by atoms with E-state index in [0.717, 1.165) is 37.8 Å². The van der Waals surface area contributed by atoms with Crippen LogP contribution in [0, 0.1) is 11.7 Å². The van der Waals surface area contributed by atoms with E-state index in [4.69, 9.17) is 4.74 Å². The van der Waals surface area contributed by atoms with E-state index in [1.165, 1.54) is 17.7 Å². The molecule has 31 heavy (non-hydrogen) atoms. The van der Waals surface area contributed by atoms with Crippen LogP contribution in [0.3, 0.4) is 0 Å². The minimum atomic E-state index is -3.77. The second kappa shape index (κ2) is 8.59. The Labute approximate surface area is 182 Å². The Morgan fingerprint density at radius 1 is 1.23 bits per heavy atom. The van der Waals surface area contributed by atoms with Gasteiger partial charge in [0.15, 0.2) is 0 Å². The lowest BCUT2D eigenvalue weighted by atomic mass is 9.96. The summed E-state index contributed by atoms with van der Waals surface area (Å²) in [6, 6.07) is 13.3. The molecule has 4 rings (SSSR count). The van der Waals surface area contributed by atoms with E-state index in [9.17, 15) is 17.6 Å². The Bertz CT molecular complexity index is 1060. The van der Waals surface area contributed by atoms with Gasteiger partial charge in [0.25, 0.3) is 5.91 Å². The molecule has 0 spiro atoms. The highest BCUT2D eigenvalue weighted by molar-refractivity contribution is 7.89. The van der Waals surface area contributed by atoms with Crippen LogP contribution in [0.1, 0.15) is 53.2 Å². The quantitative estimate of drug-likeness (QED) is 0.672. The second-order valence-electron chi connectivity index (χ2n) is 8.57. The molecule has 1 aliphatic carbocycles. The third-order valence-corrected chi connectivity index (χ3v) is 6.49. The number of benzene rings is 2. The van der Waals surface area contributed by atoms with Crippen LogP contribution in [0.4, 0.5) is 4.39 Å². The molecule has 2 aromatic carbocycles. The summed E-state index contributed by atoms with van der Waals surface area (Å²) in [7, 11) is -3.77. The fourth-order valence-electron chi connectivity index (χ4n) is 3.99. The van der Waals surface area contributed by atoms with Gasteiger partial charge in [0.05, 0.1) is 18.4 Å². The van der Waals surface area contributed by atoms with Crippen molar-refractivity contribution in [2.75, 3.05) is 26.0 Å². The van der Waals surface area contributed by atoms with Crippen LogP contribution in [0.25, 0.3) is 0 Å². The number of hydrogen-bond acceptors (Lipinski definition) is 5. The third-order valence-electron chi connectivity index (χ3n) is 5.93. The SMILES string of the molecule is CC(c1ccccc1)N1CC(COc2cc(F)c(C(=O)NS(C)(=O)=O)cc2C2CC2)C1. The molecule has 1 amide bonds. The molecule has 1 atom stereocenters. The first-order chi connectivity index (χ1) is 14.7. The fourth-order valence-corrected chi connectivity index (χ4v) is 4.44. The molecule has 1 saturated heterocycles. The molecule has 1 aliphatic heterocycles. The lowest BCUT2D eigenvalue weighted by molar-refractivity contribution is 0.0307. The molecule has 1 N–H and O–H groups in total. The van der Waals surface area contributed by atoms with Crippen LogP contribution in [-0.2, 0) is 10.0 Å². The molecule has 2 aromatic rings. The zero-order valence-electron chi connectivity index (χ0n) is 17.7. The van der Waals surface area contributed by atoms with Crippen molar-refractivity contribution in [3.63, 3.8) is 0 Å². The summed E-state index contributed by atoms with van der Waals surface area (Å²) in [5, 5.41) is 0. The minimum absolute atomic E-state index is 0.219. The van der Waals surface area contributed by atoms with E-state index in [2.05, 4.69) is 24.0 Å². The number of carbonyl (C=O) groups is 1. The Balaban J connectivity index is 1.39.